The molecule has 1 heterocycles. The fraction of sp³-hybridized carbons (Fsp3) is 1.00. The molecule has 0 amide bonds. The van der Waals surface area contributed by atoms with Crippen molar-refractivity contribution in [3.05, 3.63) is 0 Å². The number of piperidine rings is 1. The lowest BCUT2D eigenvalue weighted by molar-refractivity contribution is 0.375. The standard InChI is InChI=1S/C25H52N2/c1-2-3-4-5-6-7-8-9-10-11-12-13-14-15-16-18-22-26-24-21-25-20-17-19-23-27-25/h25-27H,2-24H2,1H3. The smallest absolute Gasteiger partial charge is 0.00791 e. The van der Waals surface area contributed by atoms with Gasteiger partial charge in [0.2, 0.25) is 0 Å². The van der Waals surface area contributed by atoms with Gasteiger partial charge in [-0.25, -0.2) is 0 Å². The lowest BCUT2D eigenvalue weighted by Crippen LogP contribution is -2.36. The van der Waals surface area contributed by atoms with Gasteiger partial charge in [-0.05, 0) is 45.3 Å². The third kappa shape index (κ3) is 17.7. The van der Waals surface area contributed by atoms with Gasteiger partial charge >= 0.3 is 0 Å². The quantitative estimate of drug-likeness (QED) is 0.215. The van der Waals surface area contributed by atoms with E-state index in [-0.39, 0.29) is 0 Å². The molecule has 2 heteroatoms. The van der Waals surface area contributed by atoms with Crippen molar-refractivity contribution in [3.63, 3.8) is 0 Å². The van der Waals surface area contributed by atoms with Crippen LogP contribution in [0.15, 0.2) is 0 Å². The minimum atomic E-state index is 0.789. The first-order valence-corrected chi connectivity index (χ1v) is 12.9. The Hall–Kier alpha value is -0.0800. The van der Waals surface area contributed by atoms with Crippen molar-refractivity contribution in [2.75, 3.05) is 19.6 Å². The number of nitrogens with one attached hydrogen (secondary N) is 2. The van der Waals surface area contributed by atoms with Crippen LogP contribution in [0, 0.1) is 0 Å². The molecule has 2 N–H and O–H groups in total. The van der Waals surface area contributed by atoms with Crippen molar-refractivity contribution >= 4 is 0 Å². The van der Waals surface area contributed by atoms with Crippen molar-refractivity contribution in [2.24, 2.45) is 0 Å². The second-order valence-corrected chi connectivity index (χ2v) is 8.99. The van der Waals surface area contributed by atoms with Gasteiger partial charge < -0.3 is 10.6 Å². The van der Waals surface area contributed by atoms with E-state index in [1.165, 1.54) is 148 Å². The fourth-order valence-electron chi connectivity index (χ4n) is 4.37. The van der Waals surface area contributed by atoms with Gasteiger partial charge in [0.15, 0.2) is 0 Å². The molecule has 1 aliphatic rings. The molecule has 27 heavy (non-hydrogen) atoms. The van der Waals surface area contributed by atoms with Crippen LogP contribution in [0.4, 0.5) is 0 Å². The third-order valence-corrected chi connectivity index (χ3v) is 6.29. The Morgan fingerprint density at radius 2 is 1.15 bits per heavy atom. The van der Waals surface area contributed by atoms with Gasteiger partial charge in [-0.2, -0.15) is 0 Å². The molecule has 1 saturated heterocycles. The van der Waals surface area contributed by atoms with Crippen LogP contribution < -0.4 is 10.6 Å². The van der Waals surface area contributed by atoms with Gasteiger partial charge in [0.1, 0.15) is 0 Å². The van der Waals surface area contributed by atoms with E-state index in [1.807, 2.05) is 0 Å². The number of hydrogen-bond acceptors (Lipinski definition) is 2. The molecule has 0 aromatic rings. The monoisotopic (exact) mass is 380 g/mol. The van der Waals surface area contributed by atoms with E-state index in [0.29, 0.717) is 0 Å². The second-order valence-electron chi connectivity index (χ2n) is 8.99. The summed E-state index contributed by atoms with van der Waals surface area (Å²) in [6.07, 6.45) is 28.8. The summed E-state index contributed by atoms with van der Waals surface area (Å²) in [4.78, 5) is 0. The van der Waals surface area contributed by atoms with Gasteiger partial charge in [-0.15, -0.1) is 0 Å². The maximum Gasteiger partial charge on any atom is 0.00791 e. The summed E-state index contributed by atoms with van der Waals surface area (Å²) in [5.74, 6) is 0. The largest absolute Gasteiger partial charge is 0.317 e. The normalized spacial score (nSPS) is 17.4. The van der Waals surface area contributed by atoms with Crippen LogP contribution in [-0.2, 0) is 0 Å². The Labute approximate surface area is 172 Å². The Kier molecular flexibility index (Phi) is 19.1. The van der Waals surface area contributed by atoms with Crippen LogP contribution in [0.2, 0.25) is 0 Å². The maximum absolute atomic E-state index is 3.64. The Bertz CT molecular complexity index is 273. The zero-order valence-corrected chi connectivity index (χ0v) is 18.8. The topological polar surface area (TPSA) is 24.1 Å². The molecule has 0 aromatic carbocycles. The molecule has 1 atom stereocenters. The van der Waals surface area contributed by atoms with E-state index in [2.05, 4.69) is 17.6 Å². The van der Waals surface area contributed by atoms with Crippen molar-refractivity contribution in [1.82, 2.24) is 10.6 Å². The summed E-state index contributed by atoms with van der Waals surface area (Å²) in [5.41, 5.74) is 0. The first kappa shape index (κ1) is 25.0. The maximum atomic E-state index is 3.64. The number of unbranched alkanes of at least 4 members (excludes halogenated alkanes) is 15. The molecule has 1 fully saturated rings. The van der Waals surface area contributed by atoms with Crippen LogP contribution in [0.1, 0.15) is 135 Å². The molecule has 0 spiro atoms. The van der Waals surface area contributed by atoms with E-state index in [4.69, 9.17) is 0 Å². The van der Waals surface area contributed by atoms with E-state index in [0.717, 1.165) is 6.04 Å². The Morgan fingerprint density at radius 3 is 1.63 bits per heavy atom. The number of rotatable bonds is 20. The highest BCUT2D eigenvalue weighted by Crippen LogP contribution is 2.13. The third-order valence-electron chi connectivity index (χ3n) is 6.29. The molecule has 0 aromatic heterocycles. The van der Waals surface area contributed by atoms with Crippen molar-refractivity contribution < 1.29 is 0 Å². The van der Waals surface area contributed by atoms with Gasteiger partial charge in [0.25, 0.3) is 0 Å². The minimum absolute atomic E-state index is 0.789. The Morgan fingerprint density at radius 1 is 0.630 bits per heavy atom. The Balaban J connectivity index is 1.64. The van der Waals surface area contributed by atoms with E-state index >= 15 is 0 Å². The van der Waals surface area contributed by atoms with Crippen LogP contribution in [0.3, 0.4) is 0 Å². The van der Waals surface area contributed by atoms with Crippen LogP contribution in [0.25, 0.3) is 0 Å². The zero-order valence-electron chi connectivity index (χ0n) is 18.8. The van der Waals surface area contributed by atoms with E-state index in [1.54, 1.807) is 0 Å². The average Bonchev–Trinajstić information content (AvgIpc) is 2.70. The lowest BCUT2D eigenvalue weighted by atomic mass is 10.0. The summed E-state index contributed by atoms with van der Waals surface area (Å²) in [5, 5.41) is 7.28. The first-order valence-electron chi connectivity index (χ1n) is 12.9. The van der Waals surface area contributed by atoms with Gasteiger partial charge in [-0.1, -0.05) is 110 Å². The highest BCUT2D eigenvalue weighted by Gasteiger charge is 2.10. The summed E-state index contributed by atoms with van der Waals surface area (Å²) >= 11 is 0. The van der Waals surface area contributed by atoms with Crippen molar-refractivity contribution in [1.29, 1.82) is 0 Å². The van der Waals surface area contributed by atoms with Crippen molar-refractivity contribution in [3.8, 4) is 0 Å². The van der Waals surface area contributed by atoms with Crippen LogP contribution in [0.5, 0.6) is 0 Å². The molecular formula is C25H52N2. The van der Waals surface area contributed by atoms with Crippen LogP contribution >= 0.6 is 0 Å². The molecule has 0 aliphatic carbocycles. The predicted octanol–water partition coefficient (Wildman–Crippen LogP) is 7.37. The molecule has 0 bridgehead atoms. The lowest BCUT2D eigenvalue weighted by Gasteiger charge is -2.23. The van der Waals surface area contributed by atoms with Crippen molar-refractivity contribution in [2.45, 2.75) is 141 Å². The first-order chi connectivity index (χ1) is 13.4. The minimum Gasteiger partial charge on any atom is -0.317 e. The van der Waals surface area contributed by atoms with E-state index < -0.39 is 0 Å². The molecule has 162 valence electrons. The molecule has 2 nitrogen and oxygen atoms in total. The van der Waals surface area contributed by atoms with Gasteiger partial charge in [0.05, 0.1) is 0 Å². The van der Waals surface area contributed by atoms with Gasteiger partial charge in [0, 0.05) is 6.04 Å². The van der Waals surface area contributed by atoms with Gasteiger partial charge in [-0.3, -0.25) is 0 Å². The molecule has 1 unspecified atom stereocenters. The summed E-state index contributed by atoms with van der Waals surface area (Å²) < 4.78 is 0. The summed E-state index contributed by atoms with van der Waals surface area (Å²) in [6, 6.07) is 0.789. The molecule has 0 radical (unpaired) electrons. The number of hydrogen-bond donors (Lipinski definition) is 2. The summed E-state index contributed by atoms with van der Waals surface area (Å²) in [6.45, 7) is 5.97. The average molecular weight is 381 g/mol. The molecular weight excluding hydrogens is 328 g/mol. The fourth-order valence-corrected chi connectivity index (χ4v) is 4.37. The molecule has 0 saturated carbocycles. The van der Waals surface area contributed by atoms with E-state index in [9.17, 15) is 0 Å². The van der Waals surface area contributed by atoms with Crippen LogP contribution in [-0.4, -0.2) is 25.7 Å². The molecule has 1 aliphatic heterocycles. The molecule has 1 rings (SSSR count). The highest BCUT2D eigenvalue weighted by molar-refractivity contribution is 4.72. The second kappa shape index (κ2) is 20.6. The highest BCUT2D eigenvalue weighted by atomic mass is 14.9. The SMILES string of the molecule is CCCCCCCCCCCCCCCCCCNCCC1CCCCN1. The summed E-state index contributed by atoms with van der Waals surface area (Å²) in [7, 11) is 0. The predicted molar refractivity (Wildman–Crippen MR) is 123 cm³/mol. The zero-order chi connectivity index (χ0) is 19.3.